The van der Waals surface area contributed by atoms with Gasteiger partial charge in [-0.3, -0.25) is 0 Å². The van der Waals surface area contributed by atoms with E-state index in [1.165, 1.54) is 0 Å². The van der Waals surface area contributed by atoms with Crippen LogP contribution >= 0.6 is 22.4 Å². The Morgan fingerprint density at radius 1 is 1.53 bits per heavy atom. The molecule has 3 unspecified atom stereocenters. The fourth-order valence-electron chi connectivity index (χ4n) is 3.23. The van der Waals surface area contributed by atoms with E-state index in [4.69, 9.17) is 15.4 Å². The monoisotopic (exact) mass is 268 g/mol. The fourth-order valence-corrected chi connectivity index (χ4v) is 6.51. The van der Waals surface area contributed by atoms with E-state index in [2.05, 4.69) is 0 Å². The molecule has 86 valence electrons. The maximum atomic E-state index is 11.3. The van der Waals surface area contributed by atoms with Gasteiger partial charge in [0.25, 0.3) is 0 Å². The van der Waals surface area contributed by atoms with Gasteiger partial charge in [-0.15, -0.1) is 0 Å². The lowest BCUT2D eigenvalue weighted by molar-refractivity contribution is -0.0266. The molecule has 3 atom stereocenters. The van der Waals surface area contributed by atoms with Crippen LogP contribution in [0, 0.1) is 11.3 Å². The molecule has 2 saturated heterocycles. The van der Waals surface area contributed by atoms with Gasteiger partial charge in [-0.2, -0.15) is 11.8 Å². The Balaban J connectivity index is 1.92. The number of fused-ring (bicyclic) bond motifs is 2. The van der Waals surface area contributed by atoms with Crippen LogP contribution < -0.4 is 0 Å². The van der Waals surface area contributed by atoms with Crippen molar-refractivity contribution >= 4 is 31.5 Å². The average molecular weight is 269 g/mol. The molecule has 3 nitrogen and oxygen atoms in total. The van der Waals surface area contributed by atoms with E-state index in [0.29, 0.717) is 5.92 Å². The highest BCUT2D eigenvalue weighted by atomic mass is 35.7. The molecule has 15 heavy (non-hydrogen) atoms. The Kier molecular flexibility index (Phi) is 2.18. The third-order valence-corrected chi connectivity index (χ3v) is 6.47. The highest BCUT2D eigenvalue weighted by Gasteiger charge is 2.73. The molecule has 0 radical (unpaired) electrons. The molecule has 0 amide bonds. The number of thioether (sulfide) groups is 1. The highest BCUT2D eigenvalue weighted by molar-refractivity contribution is 8.13. The Labute approximate surface area is 98.3 Å². The SMILES string of the molecule is O=S(=O)(Cl)CC12CC1COC21CCSC1. The van der Waals surface area contributed by atoms with Crippen LogP contribution in [-0.2, 0) is 13.8 Å². The summed E-state index contributed by atoms with van der Waals surface area (Å²) in [6, 6.07) is 0. The first-order valence-electron chi connectivity index (χ1n) is 5.12. The van der Waals surface area contributed by atoms with E-state index >= 15 is 0 Å². The van der Waals surface area contributed by atoms with Gasteiger partial charge in [0.15, 0.2) is 0 Å². The van der Waals surface area contributed by atoms with E-state index in [1.54, 1.807) is 0 Å². The van der Waals surface area contributed by atoms with Gasteiger partial charge in [-0.1, -0.05) is 0 Å². The molecular weight excluding hydrogens is 256 g/mol. The van der Waals surface area contributed by atoms with Gasteiger partial charge < -0.3 is 4.74 Å². The molecule has 3 fully saturated rings. The minimum Gasteiger partial charge on any atom is -0.373 e. The Hall–Kier alpha value is 0.550. The summed E-state index contributed by atoms with van der Waals surface area (Å²) in [6.07, 6.45) is 1.97. The number of hydrogen-bond acceptors (Lipinski definition) is 4. The van der Waals surface area contributed by atoms with Crippen LogP contribution in [0.15, 0.2) is 0 Å². The van der Waals surface area contributed by atoms with Crippen molar-refractivity contribution in [3.63, 3.8) is 0 Å². The van der Waals surface area contributed by atoms with E-state index in [-0.39, 0.29) is 16.8 Å². The highest BCUT2D eigenvalue weighted by Crippen LogP contribution is 2.69. The van der Waals surface area contributed by atoms with E-state index < -0.39 is 9.05 Å². The van der Waals surface area contributed by atoms with Crippen LogP contribution in [0.5, 0.6) is 0 Å². The zero-order chi connectivity index (χ0) is 10.7. The fraction of sp³-hybridized carbons (Fsp3) is 1.00. The minimum atomic E-state index is -3.40. The normalized spacial score (nSPS) is 48.5. The third kappa shape index (κ3) is 1.47. The molecule has 3 aliphatic rings. The van der Waals surface area contributed by atoms with Crippen molar-refractivity contribution in [2.24, 2.45) is 11.3 Å². The summed E-state index contributed by atoms with van der Waals surface area (Å²) in [5.41, 5.74) is -0.318. The van der Waals surface area contributed by atoms with Gasteiger partial charge in [-0.25, -0.2) is 8.42 Å². The van der Waals surface area contributed by atoms with Crippen molar-refractivity contribution in [1.82, 2.24) is 0 Å². The lowest BCUT2D eigenvalue weighted by Gasteiger charge is -2.32. The molecule has 0 N–H and O–H groups in total. The first-order valence-corrected chi connectivity index (χ1v) is 8.75. The molecule has 0 bridgehead atoms. The first kappa shape index (κ1) is 10.7. The summed E-state index contributed by atoms with van der Waals surface area (Å²) in [6.45, 7) is 0.729. The molecule has 2 heterocycles. The Morgan fingerprint density at radius 2 is 2.33 bits per heavy atom. The molecule has 1 saturated carbocycles. The van der Waals surface area contributed by atoms with Gasteiger partial charge in [0.05, 0.1) is 18.0 Å². The number of rotatable bonds is 2. The van der Waals surface area contributed by atoms with Crippen molar-refractivity contribution in [3.05, 3.63) is 0 Å². The van der Waals surface area contributed by atoms with Crippen molar-refractivity contribution in [2.45, 2.75) is 18.4 Å². The quantitative estimate of drug-likeness (QED) is 0.712. The lowest BCUT2D eigenvalue weighted by Crippen LogP contribution is -2.42. The second kappa shape index (κ2) is 3.06. The maximum absolute atomic E-state index is 11.3. The van der Waals surface area contributed by atoms with Gasteiger partial charge in [0.2, 0.25) is 9.05 Å². The standard InChI is InChI=1S/C9H13ClO3S2/c10-15(11,12)6-8-3-7(8)4-13-9(8)1-2-14-5-9/h7H,1-6H2. The Morgan fingerprint density at radius 3 is 2.87 bits per heavy atom. The third-order valence-electron chi connectivity index (χ3n) is 4.12. The summed E-state index contributed by atoms with van der Waals surface area (Å²) in [5.74, 6) is 2.56. The predicted molar refractivity (Wildman–Crippen MR) is 60.8 cm³/mol. The molecular formula is C9H13ClO3S2. The average Bonchev–Trinajstić information content (AvgIpc) is 2.56. The molecule has 3 rings (SSSR count). The first-order chi connectivity index (χ1) is 6.98. The topological polar surface area (TPSA) is 43.4 Å². The Bertz CT molecular complexity index is 383. The van der Waals surface area contributed by atoms with Gasteiger partial charge in [-0.05, 0) is 24.5 Å². The van der Waals surface area contributed by atoms with E-state index in [9.17, 15) is 8.42 Å². The number of ether oxygens (including phenoxy) is 1. The largest absolute Gasteiger partial charge is 0.373 e. The molecule has 0 aromatic rings. The molecule has 0 aromatic heterocycles. The minimum absolute atomic E-state index is 0.104. The molecule has 0 aromatic carbocycles. The summed E-state index contributed by atoms with van der Waals surface area (Å²) in [4.78, 5) is 0. The maximum Gasteiger partial charge on any atom is 0.233 e. The van der Waals surface area contributed by atoms with Crippen LogP contribution in [0.1, 0.15) is 12.8 Å². The van der Waals surface area contributed by atoms with Crippen molar-refractivity contribution in [3.8, 4) is 0 Å². The van der Waals surface area contributed by atoms with Crippen LogP contribution in [0.4, 0.5) is 0 Å². The predicted octanol–water partition coefficient (Wildman–Crippen LogP) is 1.47. The van der Waals surface area contributed by atoms with Crippen molar-refractivity contribution < 1.29 is 13.2 Å². The molecule has 2 aliphatic heterocycles. The van der Waals surface area contributed by atoms with Gasteiger partial charge >= 0.3 is 0 Å². The van der Waals surface area contributed by atoms with Crippen molar-refractivity contribution in [2.75, 3.05) is 23.9 Å². The summed E-state index contributed by atoms with van der Waals surface area (Å²) in [5, 5.41) is 0. The molecule has 1 spiro atoms. The second-order valence-corrected chi connectivity index (χ2v) is 8.73. The second-order valence-electron chi connectivity index (χ2n) is 4.85. The lowest BCUT2D eigenvalue weighted by atomic mass is 9.85. The van der Waals surface area contributed by atoms with Gasteiger partial charge in [0.1, 0.15) is 0 Å². The van der Waals surface area contributed by atoms with Crippen LogP contribution in [0.25, 0.3) is 0 Å². The van der Waals surface area contributed by atoms with E-state index in [0.717, 1.165) is 31.0 Å². The van der Waals surface area contributed by atoms with Crippen molar-refractivity contribution in [1.29, 1.82) is 0 Å². The summed E-state index contributed by atoms with van der Waals surface area (Å²) < 4.78 is 28.4. The summed E-state index contributed by atoms with van der Waals surface area (Å²) in [7, 11) is 2.00. The van der Waals surface area contributed by atoms with Crippen LogP contribution in [0.3, 0.4) is 0 Å². The molecule has 1 aliphatic carbocycles. The van der Waals surface area contributed by atoms with Crippen LogP contribution in [0.2, 0.25) is 0 Å². The zero-order valence-electron chi connectivity index (χ0n) is 8.24. The van der Waals surface area contributed by atoms with Crippen LogP contribution in [-0.4, -0.2) is 37.9 Å². The van der Waals surface area contributed by atoms with E-state index in [1.807, 2.05) is 11.8 Å². The number of halogens is 1. The number of hydrogen-bond donors (Lipinski definition) is 0. The summed E-state index contributed by atoms with van der Waals surface area (Å²) >= 11 is 1.86. The molecule has 6 heteroatoms. The zero-order valence-corrected chi connectivity index (χ0v) is 10.6. The van der Waals surface area contributed by atoms with Gasteiger partial charge in [0, 0.05) is 21.9 Å². The smallest absolute Gasteiger partial charge is 0.233 e.